The molecular formula is C15H16ClN3O. The van der Waals surface area contributed by atoms with Crippen molar-refractivity contribution in [2.45, 2.75) is 31.8 Å². The third kappa shape index (κ3) is 1.63. The molecule has 1 aromatic rings. The molecule has 3 aliphatic carbocycles. The van der Waals surface area contributed by atoms with Gasteiger partial charge in [-0.15, -0.1) is 6.42 Å². The van der Waals surface area contributed by atoms with Gasteiger partial charge in [-0.25, -0.2) is 4.68 Å². The Bertz CT molecular complexity index is 646. The molecule has 20 heavy (non-hydrogen) atoms. The molecule has 1 aromatic heterocycles. The van der Waals surface area contributed by atoms with Gasteiger partial charge in [0.15, 0.2) is 0 Å². The summed E-state index contributed by atoms with van der Waals surface area (Å²) in [5, 5.41) is 7.73. The predicted octanol–water partition coefficient (Wildman–Crippen LogP) is 1.99. The van der Waals surface area contributed by atoms with E-state index >= 15 is 0 Å². The van der Waals surface area contributed by atoms with Crippen LogP contribution < -0.4 is 10.9 Å². The molecule has 104 valence electrons. The monoisotopic (exact) mass is 289 g/mol. The maximum Gasteiger partial charge on any atom is 0.292 e. The van der Waals surface area contributed by atoms with Crippen molar-refractivity contribution >= 4 is 17.3 Å². The minimum absolute atomic E-state index is 0.174. The van der Waals surface area contributed by atoms with Gasteiger partial charge >= 0.3 is 0 Å². The van der Waals surface area contributed by atoms with Gasteiger partial charge in [-0.05, 0) is 42.9 Å². The first-order valence-electron chi connectivity index (χ1n) is 7.16. The Morgan fingerprint density at radius 2 is 2.15 bits per heavy atom. The van der Waals surface area contributed by atoms with Gasteiger partial charge in [-0.2, -0.15) is 5.10 Å². The van der Waals surface area contributed by atoms with Crippen LogP contribution in [0.2, 0.25) is 5.02 Å². The molecule has 1 N–H and O–H groups in total. The molecule has 0 spiro atoms. The normalized spacial score (nSPS) is 36.5. The maximum atomic E-state index is 12.3. The highest BCUT2D eigenvalue weighted by atomic mass is 35.5. The molecule has 0 aromatic carbocycles. The number of hydrogen-bond acceptors (Lipinski definition) is 3. The zero-order valence-electron chi connectivity index (χ0n) is 11.1. The second-order valence-corrected chi connectivity index (χ2v) is 6.60. The van der Waals surface area contributed by atoms with E-state index in [1.165, 1.54) is 30.1 Å². The molecular weight excluding hydrogens is 274 g/mol. The van der Waals surface area contributed by atoms with Gasteiger partial charge in [0.25, 0.3) is 5.56 Å². The molecule has 4 nitrogen and oxygen atoms in total. The van der Waals surface area contributed by atoms with Crippen molar-refractivity contribution in [1.82, 2.24) is 9.78 Å². The minimum Gasteiger partial charge on any atom is -0.376 e. The van der Waals surface area contributed by atoms with Crippen LogP contribution in [0.4, 0.5) is 5.69 Å². The predicted molar refractivity (Wildman–Crippen MR) is 77.6 cm³/mol. The summed E-state index contributed by atoms with van der Waals surface area (Å²) in [6.07, 6.45) is 10.8. The first kappa shape index (κ1) is 12.3. The maximum absolute atomic E-state index is 12.3. The van der Waals surface area contributed by atoms with Gasteiger partial charge in [0.2, 0.25) is 0 Å². The molecule has 0 amide bonds. The van der Waals surface area contributed by atoms with Crippen LogP contribution >= 0.6 is 11.6 Å². The Kier molecular flexibility index (Phi) is 2.62. The number of nitrogens with one attached hydrogen (secondary N) is 1. The Hall–Kier alpha value is -1.47. The highest BCUT2D eigenvalue weighted by molar-refractivity contribution is 6.33. The van der Waals surface area contributed by atoms with Gasteiger partial charge in [0, 0.05) is 6.04 Å². The van der Waals surface area contributed by atoms with Gasteiger partial charge in [0.1, 0.15) is 12.2 Å². The highest BCUT2D eigenvalue weighted by Gasteiger charge is 2.65. The lowest BCUT2D eigenvalue weighted by Gasteiger charge is -2.13. The van der Waals surface area contributed by atoms with Crippen molar-refractivity contribution in [3.8, 4) is 12.3 Å². The molecule has 1 heterocycles. The average Bonchev–Trinajstić information content (AvgIpc) is 2.82. The van der Waals surface area contributed by atoms with Crippen molar-refractivity contribution in [3.05, 3.63) is 21.6 Å². The van der Waals surface area contributed by atoms with Gasteiger partial charge in [-0.1, -0.05) is 17.5 Å². The number of hydrogen-bond donors (Lipinski definition) is 1. The quantitative estimate of drug-likeness (QED) is 0.866. The largest absolute Gasteiger partial charge is 0.376 e. The number of terminal acetylenes is 1. The van der Waals surface area contributed by atoms with Crippen LogP contribution in [0, 0.1) is 36.0 Å². The smallest absolute Gasteiger partial charge is 0.292 e. The van der Waals surface area contributed by atoms with E-state index in [9.17, 15) is 4.79 Å². The fourth-order valence-electron chi connectivity index (χ4n) is 4.48. The first-order valence-corrected chi connectivity index (χ1v) is 7.54. The second-order valence-electron chi connectivity index (χ2n) is 6.19. The molecule has 4 unspecified atom stereocenters. The Morgan fingerprint density at radius 1 is 1.45 bits per heavy atom. The summed E-state index contributed by atoms with van der Waals surface area (Å²) in [6, 6.07) is 0.424. The summed E-state index contributed by atoms with van der Waals surface area (Å²) in [4.78, 5) is 12.3. The Morgan fingerprint density at radius 3 is 2.80 bits per heavy atom. The van der Waals surface area contributed by atoms with Gasteiger partial charge in [-0.3, -0.25) is 4.79 Å². The molecule has 0 saturated heterocycles. The lowest BCUT2D eigenvalue weighted by Crippen LogP contribution is -2.27. The van der Waals surface area contributed by atoms with Crippen molar-refractivity contribution < 1.29 is 0 Å². The van der Waals surface area contributed by atoms with Crippen LogP contribution in [-0.4, -0.2) is 15.8 Å². The zero-order valence-corrected chi connectivity index (χ0v) is 11.8. The van der Waals surface area contributed by atoms with Crippen LogP contribution in [-0.2, 0) is 6.54 Å². The Labute approximate surface area is 122 Å². The number of aromatic nitrogens is 2. The molecule has 5 heteroatoms. The highest BCUT2D eigenvalue weighted by Crippen LogP contribution is 2.66. The summed E-state index contributed by atoms with van der Waals surface area (Å²) in [7, 11) is 0. The van der Waals surface area contributed by atoms with E-state index in [4.69, 9.17) is 18.0 Å². The molecule has 3 fully saturated rings. The van der Waals surface area contributed by atoms with Crippen molar-refractivity contribution in [2.75, 3.05) is 5.32 Å². The fraction of sp³-hybridized carbons (Fsp3) is 0.600. The number of halogens is 1. The van der Waals surface area contributed by atoms with Gasteiger partial charge < -0.3 is 5.32 Å². The van der Waals surface area contributed by atoms with E-state index in [1.807, 2.05) is 0 Å². The molecule has 0 radical (unpaired) electrons. The number of rotatable bonds is 3. The summed E-state index contributed by atoms with van der Waals surface area (Å²) < 4.78 is 1.28. The zero-order chi connectivity index (χ0) is 13.9. The third-order valence-electron chi connectivity index (χ3n) is 5.28. The van der Waals surface area contributed by atoms with E-state index in [0.717, 1.165) is 23.7 Å². The standard InChI is InChI=1S/C15H16ClN3O/c1-2-5-19-15(20)13(10(16)7-17-19)18-14-11-8-3-4-9(6-8)12(11)14/h1,7-9,11-12,14,18H,3-6H2. The molecule has 4 atom stereocenters. The van der Waals surface area contributed by atoms with Gasteiger partial charge in [0.05, 0.1) is 11.2 Å². The lowest BCUT2D eigenvalue weighted by atomic mass is 10.0. The summed E-state index contributed by atoms with van der Waals surface area (Å²) in [5.74, 6) is 5.65. The number of anilines is 1. The Balaban J connectivity index is 1.60. The fourth-order valence-corrected chi connectivity index (χ4v) is 4.66. The van der Waals surface area contributed by atoms with E-state index < -0.39 is 0 Å². The molecule has 3 saturated carbocycles. The molecule has 0 aliphatic heterocycles. The van der Waals surface area contributed by atoms with Crippen molar-refractivity contribution in [2.24, 2.45) is 23.7 Å². The number of fused-ring (bicyclic) bond motifs is 5. The lowest BCUT2D eigenvalue weighted by molar-refractivity contribution is 0.456. The van der Waals surface area contributed by atoms with Crippen LogP contribution in [0.25, 0.3) is 0 Å². The summed E-state index contributed by atoms with van der Waals surface area (Å²) in [5.41, 5.74) is 0.253. The topological polar surface area (TPSA) is 46.9 Å². The van der Waals surface area contributed by atoms with E-state index in [0.29, 0.717) is 16.8 Å². The molecule has 2 bridgehead atoms. The number of nitrogens with zero attached hydrogens (tertiary/aromatic N) is 2. The first-order chi connectivity index (χ1) is 9.70. The van der Waals surface area contributed by atoms with E-state index in [2.05, 4.69) is 16.3 Å². The second kappa shape index (κ2) is 4.26. The van der Waals surface area contributed by atoms with E-state index in [1.54, 1.807) is 0 Å². The summed E-state index contributed by atoms with van der Waals surface area (Å²) >= 11 is 6.13. The van der Waals surface area contributed by atoms with Crippen LogP contribution in [0.15, 0.2) is 11.0 Å². The summed E-state index contributed by atoms with van der Waals surface area (Å²) in [6.45, 7) is 0.174. The van der Waals surface area contributed by atoms with Crippen LogP contribution in [0.5, 0.6) is 0 Å². The molecule has 4 rings (SSSR count). The van der Waals surface area contributed by atoms with E-state index in [-0.39, 0.29) is 12.1 Å². The SMILES string of the molecule is C#CCn1ncc(Cl)c(NC2C3C4CCC(C4)C23)c1=O. The van der Waals surface area contributed by atoms with Crippen molar-refractivity contribution in [3.63, 3.8) is 0 Å². The third-order valence-corrected chi connectivity index (χ3v) is 5.57. The van der Waals surface area contributed by atoms with Crippen LogP contribution in [0.1, 0.15) is 19.3 Å². The van der Waals surface area contributed by atoms with Crippen molar-refractivity contribution in [1.29, 1.82) is 0 Å². The minimum atomic E-state index is -0.215. The average molecular weight is 290 g/mol. The van der Waals surface area contributed by atoms with Crippen LogP contribution in [0.3, 0.4) is 0 Å². The molecule has 3 aliphatic rings.